The number of aromatic amines is 1. The SMILES string of the molecule is C[C@@H]1S[C@@H]2[C@H](NC(=O)C(=NOC(C)(C)C(=O)O)c3csc(N)n3)C(=O)N2C(C(=O)[O-])=C1C[N+]1(C)[C@@H]2CC[C@H]1CC(NC(=O)c1c[nH]c3cc(O)c(O)c(Cl)c3c1=O)C2. The second-order valence-electron chi connectivity index (χ2n) is 15.5. The molecule has 2 unspecified atom stereocenters. The number of carboxylic acids is 2. The number of carbonyl (C=O) groups excluding carboxylic acids is 4. The van der Waals surface area contributed by atoms with E-state index in [0.717, 1.165) is 35.1 Å². The Morgan fingerprint density at radius 2 is 1.86 bits per heavy atom. The second-order valence-corrected chi connectivity index (χ2v) is 18.2. The molecule has 2 bridgehead atoms. The summed E-state index contributed by atoms with van der Waals surface area (Å²) in [5, 5.41) is 51.3. The van der Waals surface area contributed by atoms with Crippen molar-refractivity contribution in [3.05, 3.63) is 55.4 Å². The summed E-state index contributed by atoms with van der Waals surface area (Å²) in [5.74, 6) is -6.34. The van der Waals surface area contributed by atoms with Gasteiger partial charge in [-0.15, -0.1) is 23.1 Å². The first-order valence-corrected chi connectivity index (χ1v) is 20.3. The number of nitrogen functional groups attached to an aromatic ring is 1. The van der Waals surface area contributed by atoms with Crippen molar-refractivity contribution in [1.82, 2.24) is 25.5 Å². The molecule has 0 aliphatic carbocycles. The van der Waals surface area contributed by atoms with Crippen molar-refractivity contribution in [3.63, 3.8) is 0 Å². The molecule has 1 aromatic carbocycles. The highest BCUT2D eigenvalue weighted by Crippen LogP contribution is 2.48. The van der Waals surface area contributed by atoms with Crippen molar-refractivity contribution in [2.24, 2.45) is 5.16 Å². The number of hydrogen-bond acceptors (Lipinski definition) is 15. The largest absolute Gasteiger partial charge is 0.543 e. The molecule has 7 atom stereocenters. The lowest BCUT2D eigenvalue weighted by Gasteiger charge is -2.54. The average Bonchev–Trinajstić information content (AvgIpc) is 3.62. The number of thiazole rings is 1. The van der Waals surface area contributed by atoms with Gasteiger partial charge in [0.25, 0.3) is 17.7 Å². The Balaban J connectivity index is 1.07. The number of thioether (sulfide) groups is 1. The van der Waals surface area contributed by atoms with Gasteiger partial charge in [-0.05, 0) is 20.8 Å². The zero-order valence-electron chi connectivity index (χ0n) is 31.4. The summed E-state index contributed by atoms with van der Waals surface area (Å²) in [7, 11) is 2.03. The molecule has 0 saturated carbocycles. The predicted molar refractivity (Wildman–Crippen MR) is 209 cm³/mol. The lowest BCUT2D eigenvalue weighted by Crippen LogP contribution is -2.72. The Morgan fingerprint density at radius 1 is 1.19 bits per heavy atom. The normalized spacial score (nSPS) is 26.9. The number of rotatable bonds is 11. The standard InChI is InChI=1S/C36H39ClN8O11S2/c1-13-18(11-45(4)15-5-6-16(45)8-14(7-15)40-29(49)17-10-39-19-9-21(46)28(48)23(37)22(19)27(17)47)26(33(52)53)44-31(51)25(32(44)58-13)42-30(50)24(20-12-57-35(38)41-20)43-56-36(2,3)34(54)55/h9-10,12-16,25,32H,5-8,11H2,1-4H3,(H8-,38,39,40,41,42,43,46,47,48,49,50,52,53,54,55)/t13-,14?,15-,16+,25+,32+,45?/m0/s1. The van der Waals surface area contributed by atoms with Gasteiger partial charge in [0.2, 0.25) is 11.0 Å². The molecule has 19 nitrogen and oxygen atoms in total. The number of hydrogen-bond donors (Lipinski definition) is 7. The van der Waals surface area contributed by atoms with Gasteiger partial charge in [-0.1, -0.05) is 16.8 Å². The number of quaternary nitrogens is 1. The van der Waals surface area contributed by atoms with Crippen molar-refractivity contribution < 1.29 is 53.7 Å². The number of phenolic OH excluding ortho intramolecular Hbond substituents is 2. The number of β-lactam (4-membered cyclic amide) rings is 1. The van der Waals surface area contributed by atoms with Crippen LogP contribution in [0.25, 0.3) is 10.9 Å². The molecule has 3 saturated heterocycles. The molecule has 0 spiro atoms. The Kier molecular flexibility index (Phi) is 10.4. The minimum absolute atomic E-state index is 0.0105. The molecule has 22 heteroatoms. The van der Waals surface area contributed by atoms with Crippen molar-refractivity contribution in [3.8, 4) is 11.5 Å². The number of aromatic hydroxyl groups is 2. The minimum Gasteiger partial charge on any atom is -0.543 e. The van der Waals surface area contributed by atoms with Gasteiger partial charge in [0.1, 0.15) is 29.2 Å². The number of carbonyl (C=O) groups is 5. The van der Waals surface area contributed by atoms with E-state index in [9.17, 15) is 49.2 Å². The number of fused-ring (bicyclic) bond motifs is 4. The molecule has 2 aromatic heterocycles. The molecule has 6 heterocycles. The summed E-state index contributed by atoms with van der Waals surface area (Å²) in [4.78, 5) is 91.5. The number of piperidine rings is 1. The first-order valence-electron chi connectivity index (χ1n) is 18.1. The number of carboxylic acid groups (broad SMARTS) is 2. The number of pyridine rings is 1. The number of H-pyrrole nitrogens is 1. The van der Waals surface area contributed by atoms with Crippen LogP contribution >= 0.6 is 34.7 Å². The Labute approximate surface area is 342 Å². The number of aliphatic carboxylic acids is 2. The van der Waals surface area contributed by atoms with E-state index in [2.05, 4.69) is 25.8 Å². The summed E-state index contributed by atoms with van der Waals surface area (Å²) in [6.45, 7) is 4.56. The number of nitrogens with one attached hydrogen (secondary N) is 3. The molecular formula is C36H39ClN8O11S2. The van der Waals surface area contributed by atoms with Gasteiger partial charge in [0, 0.05) is 60.2 Å². The molecule has 4 aliphatic rings. The number of halogens is 1. The maximum absolute atomic E-state index is 13.7. The third-order valence-electron chi connectivity index (χ3n) is 11.5. The third kappa shape index (κ3) is 6.88. The van der Waals surface area contributed by atoms with E-state index in [-0.39, 0.29) is 62.7 Å². The average molecular weight is 859 g/mol. The molecule has 4 aliphatic heterocycles. The summed E-state index contributed by atoms with van der Waals surface area (Å²) in [6.07, 6.45) is 3.85. The molecule has 8 N–H and O–H groups in total. The zero-order valence-corrected chi connectivity index (χ0v) is 33.8. The first kappa shape index (κ1) is 40.8. The van der Waals surface area contributed by atoms with Gasteiger partial charge in [-0.3, -0.25) is 24.1 Å². The highest BCUT2D eigenvalue weighted by Gasteiger charge is 2.57. The van der Waals surface area contributed by atoms with E-state index in [1.165, 1.54) is 37.2 Å². The number of benzene rings is 1. The number of amides is 3. The monoisotopic (exact) mass is 858 g/mol. The van der Waals surface area contributed by atoms with Crippen LogP contribution in [0.5, 0.6) is 11.5 Å². The van der Waals surface area contributed by atoms with E-state index in [1.54, 1.807) is 0 Å². The number of aromatic nitrogens is 2. The number of phenols is 2. The molecular weight excluding hydrogens is 820 g/mol. The van der Waals surface area contributed by atoms with Gasteiger partial charge >= 0.3 is 5.97 Å². The summed E-state index contributed by atoms with van der Waals surface area (Å²) in [6, 6.07) is -0.375. The van der Waals surface area contributed by atoms with Crippen LogP contribution in [-0.4, -0.2) is 124 Å². The highest BCUT2D eigenvalue weighted by atomic mass is 35.5. The quantitative estimate of drug-likeness (QED) is 0.0457. The fourth-order valence-electron chi connectivity index (χ4n) is 8.29. The summed E-state index contributed by atoms with van der Waals surface area (Å²) >= 11 is 8.44. The molecule has 308 valence electrons. The lowest BCUT2D eigenvalue weighted by atomic mass is 9.92. The molecule has 3 aromatic rings. The second kappa shape index (κ2) is 14.8. The molecule has 0 radical (unpaired) electrons. The van der Waals surface area contributed by atoms with Crippen LogP contribution in [0.15, 0.2) is 38.9 Å². The van der Waals surface area contributed by atoms with Crippen molar-refractivity contribution in [2.75, 3.05) is 19.3 Å². The Hall–Kier alpha value is -5.38. The molecule has 58 heavy (non-hydrogen) atoms. The number of oxime groups is 1. The number of nitrogens with two attached hydrogens (primary N) is 1. The van der Waals surface area contributed by atoms with Crippen LogP contribution in [-0.2, 0) is 24.0 Å². The van der Waals surface area contributed by atoms with Gasteiger partial charge in [-0.25, -0.2) is 9.78 Å². The molecule has 3 amide bonds. The number of nitrogens with zero attached hydrogens (tertiary/aromatic N) is 4. The van der Waals surface area contributed by atoms with Crippen LogP contribution in [0.2, 0.25) is 5.02 Å². The van der Waals surface area contributed by atoms with Crippen molar-refractivity contribution >= 4 is 86.1 Å². The minimum atomic E-state index is -1.82. The highest BCUT2D eigenvalue weighted by molar-refractivity contribution is 8.00. The van der Waals surface area contributed by atoms with Crippen LogP contribution in [0.4, 0.5) is 5.13 Å². The fourth-order valence-corrected chi connectivity index (χ4v) is 10.6. The summed E-state index contributed by atoms with van der Waals surface area (Å²) < 4.78 is 0.453. The maximum Gasteiger partial charge on any atom is 0.350 e. The topological polar surface area (TPSA) is 290 Å². The van der Waals surface area contributed by atoms with E-state index in [0.29, 0.717) is 22.9 Å². The van der Waals surface area contributed by atoms with Crippen LogP contribution in [0, 0.1) is 0 Å². The van der Waals surface area contributed by atoms with E-state index >= 15 is 0 Å². The number of anilines is 1. The van der Waals surface area contributed by atoms with Gasteiger partial charge in [0.05, 0.1) is 46.7 Å². The Morgan fingerprint density at radius 3 is 2.47 bits per heavy atom. The maximum atomic E-state index is 13.7. The Bertz CT molecular complexity index is 2400. The van der Waals surface area contributed by atoms with Crippen molar-refractivity contribution in [1.29, 1.82) is 0 Å². The predicted octanol–water partition coefficient (Wildman–Crippen LogP) is 0.578. The smallest absolute Gasteiger partial charge is 0.350 e. The fraction of sp³-hybridized carbons (Fsp3) is 0.444. The third-order valence-corrected chi connectivity index (χ3v) is 14.0. The van der Waals surface area contributed by atoms with Crippen LogP contribution < -0.4 is 26.9 Å². The lowest BCUT2D eigenvalue weighted by molar-refractivity contribution is -0.944. The number of likely N-dealkylation sites (N-methyl/N-ethyl adjacent to an activating group) is 1. The van der Waals surface area contributed by atoms with Gasteiger partial charge in [-0.2, -0.15) is 0 Å². The van der Waals surface area contributed by atoms with Crippen LogP contribution in [0.1, 0.15) is 62.5 Å². The first-order chi connectivity index (χ1) is 27.2. The van der Waals surface area contributed by atoms with Gasteiger partial charge in [0.15, 0.2) is 22.3 Å². The van der Waals surface area contributed by atoms with Crippen molar-refractivity contribution in [2.45, 2.75) is 86.8 Å². The van der Waals surface area contributed by atoms with E-state index in [4.69, 9.17) is 22.2 Å². The van der Waals surface area contributed by atoms with E-state index in [1.807, 2.05) is 14.0 Å². The summed E-state index contributed by atoms with van der Waals surface area (Å²) in [5.41, 5.74) is 2.93. The molecule has 7 rings (SSSR count). The molecule has 3 fully saturated rings. The van der Waals surface area contributed by atoms with Crippen LogP contribution in [0.3, 0.4) is 0 Å². The zero-order chi connectivity index (χ0) is 42.2. The van der Waals surface area contributed by atoms with Gasteiger partial charge < -0.3 is 55.9 Å². The van der Waals surface area contributed by atoms with E-state index < -0.39 is 74.6 Å².